The first-order valence-corrected chi connectivity index (χ1v) is 6.43. The van der Waals surface area contributed by atoms with E-state index in [-0.39, 0.29) is 6.42 Å². The van der Waals surface area contributed by atoms with Crippen LogP contribution in [0.3, 0.4) is 0 Å². The predicted molar refractivity (Wildman–Crippen MR) is 66.8 cm³/mol. The molecule has 1 aliphatic rings. The predicted octanol–water partition coefficient (Wildman–Crippen LogP) is 2.26. The molecule has 2 N–H and O–H groups in total. The van der Waals surface area contributed by atoms with E-state index < -0.39 is 5.97 Å². The summed E-state index contributed by atoms with van der Waals surface area (Å²) in [6.45, 7) is 1.86. The van der Waals surface area contributed by atoms with Gasteiger partial charge in [0.15, 0.2) is 0 Å². The van der Waals surface area contributed by atoms with Crippen LogP contribution in [-0.4, -0.2) is 25.4 Å². The molecule has 96 valence electrons. The first kappa shape index (κ1) is 11.3. The first-order valence-electron chi connectivity index (χ1n) is 6.43. The van der Waals surface area contributed by atoms with E-state index >= 15 is 0 Å². The van der Waals surface area contributed by atoms with E-state index in [2.05, 4.69) is 9.97 Å². The molecule has 0 bridgehead atoms. The molecule has 2 aromatic rings. The van der Waals surface area contributed by atoms with Gasteiger partial charge in [0.05, 0.1) is 17.8 Å². The fraction of sp³-hybridized carbons (Fsp3) is 0.538. The number of aromatic nitrogens is 3. The van der Waals surface area contributed by atoms with Gasteiger partial charge in [-0.25, -0.2) is 4.98 Å². The average molecular weight is 247 g/mol. The zero-order chi connectivity index (χ0) is 12.7. The summed E-state index contributed by atoms with van der Waals surface area (Å²) in [6, 6.07) is 0. The topological polar surface area (TPSA) is 70.4 Å². The zero-order valence-electron chi connectivity index (χ0n) is 10.4. The molecule has 0 amide bonds. The van der Waals surface area contributed by atoms with E-state index in [4.69, 9.17) is 5.11 Å². The zero-order valence-corrected chi connectivity index (χ0v) is 10.4. The van der Waals surface area contributed by atoms with Crippen LogP contribution in [0.4, 0.5) is 0 Å². The molecule has 0 atom stereocenters. The summed E-state index contributed by atoms with van der Waals surface area (Å²) in [6.07, 6.45) is 7.06. The molecule has 3 rings (SSSR count). The summed E-state index contributed by atoms with van der Waals surface area (Å²) in [5, 5.41) is 8.94. The minimum Gasteiger partial charge on any atom is -0.481 e. The second kappa shape index (κ2) is 4.15. The van der Waals surface area contributed by atoms with Gasteiger partial charge in [-0.1, -0.05) is 12.8 Å². The summed E-state index contributed by atoms with van der Waals surface area (Å²) >= 11 is 0. The number of carbonyl (C=O) groups is 1. The highest BCUT2D eigenvalue weighted by Gasteiger charge is 2.21. The lowest BCUT2D eigenvalue weighted by Crippen LogP contribution is -2.04. The molecular weight excluding hydrogens is 230 g/mol. The molecule has 0 unspecified atom stereocenters. The summed E-state index contributed by atoms with van der Waals surface area (Å²) < 4.78 is 1.90. The molecule has 1 saturated carbocycles. The molecule has 1 aliphatic carbocycles. The number of fused-ring (bicyclic) bond motifs is 1. The van der Waals surface area contributed by atoms with Crippen LogP contribution in [0.5, 0.6) is 0 Å². The SMILES string of the molecule is Cc1nc2[nH]c(C3CCCC3)cn2c1CC(=O)O. The molecule has 0 aliphatic heterocycles. The second-order valence-electron chi connectivity index (χ2n) is 5.10. The van der Waals surface area contributed by atoms with Crippen molar-refractivity contribution in [1.29, 1.82) is 0 Å². The molecule has 2 aromatic heterocycles. The fourth-order valence-corrected chi connectivity index (χ4v) is 2.91. The smallest absolute Gasteiger partial charge is 0.309 e. The Bertz CT molecular complexity index is 591. The summed E-state index contributed by atoms with van der Waals surface area (Å²) in [7, 11) is 0. The van der Waals surface area contributed by atoms with Crippen LogP contribution < -0.4 is 0 Å². The van der Waals surface area contributed by atoms with Crippen molar-refractivity contribution in [1.82, 2.24) is 14.4 Å². The van der Waals surface area contributed by atoms with Crippen LogP contribution in [-0.2, 0) is 11.2 Å². The van der Waals surface area contributed by atoms with Crippen molar-refractivity contribution in [2.75, 3.05) is 0 Å². The number of H-pyrrole nitrogens is 1. The number of carboxylic acid groups (broad SMARTS) is 1. The average Bonchev–Trinajstić information content (AvgIpc) is 2.96. The van der Waals surface area contributed by atoms with Gasteiger partial charge in [-0.2, -0.15) is 0 Å². The van der Waals surface area contributed by atoms with Crippen molar-refractivity contribution in [3.8, 4) is 0 Å². The number of hydrogen-bond donors (Lipinski definition) is 2. The molecular formula is C13H17N3O2. The third-order valence-corrected chi connectivity index (χ3v) is 3.85. The van der Waals surface area contributed by atoms with Crippen molar-refractivity contribution >= 4 is 11.7 Å². The maximum Gasteiger partial charge on any atom is 0.309 e. The molecule has 0 spiro atoms. The van der Waals surface area contributed by atoms with Crippen molar-refractivity contribution < 1.29 is 9.90 Å². The van der Waals surface area contributed by atoms with Crippen molar-refractivity contribution in [2.24, 2.45) is 0 Å². The number of carboxylic acids is 1. The standard InChI is InChI=1S/C13H17N3O2/c1-8-11(6-12(17)18)16-7-10(15-13(16)14-8)9-4-2-3-5-9/h7,9H,2-6H2,1H3,(H,14,15)(H,17,18). The third kappa shape index (κ3) is 1.79. The Morgan fingerprint density at radius 2 is 2.28 bits per heavy atom. The Balaban J connectivity index is 2.01. The van der Waals surface area contributed by atoms with Gasteiger partial charge in [0.2, 0.25) is 5.78 Å². The number of imidazole rings is 2. The summed E-state index contributed by atoms with van der Waals surface area (Å²) in [5.74, 6) is 0.541. The Labute approximate surface area is 105 Å². The van der Waals surface area contributed by atoms with E-state index in [0.717, 1.165) is 17.2 Å². The number of aryl methyl sites for hydroxylation is 1. The lowest BCUT2D eigenvalue weighted by molar-refractivity contribution is -0.136. The van der Waals surface area contributed by atoms with Gasteiger partial charge < -0.3 is 10.1 Å². The van der Waals surface area contributed by atoms with E-state index in [1.54, 1.807) is 0 Å². The second-order valence-corrected chi connectivity index (χ2v) is 5.10. The Morgan fingerprint density at radius 1 is 1.56 bits per heavy atom. The number of nitrogens with zero attached hydrogens (tertiary/aromatic N) is 2. The maximum absolute atomic E-state index is 10.9. The summed E-state index contributed by atoms with van der Waals surface area (Å²) in [5.41, 5.74) is 2.77. The highest BCUT2D eigenvalue weighted by molar-refractivity contribution is 5.70. The van der Waals surface area contributed by atoms with E-state index in [9.17, 15) is 4.79 Å². The van der Waals surface area contributed by atoms with Gasteiger partial charge in [-0.15, -0.1) is 0 Å². The van der Waals surface area contributed by atoms with Gasteiger partial charge in [0.1, 0.15) is 0 Å². The van der Waals surface area contributed by atoms with Crippen molar-refractivity contribution in [2.45, 2.75) is 44.9 Å². The number of aromatic amines is 1. The van der Waals surface area contributed by atoms with Crippen LogP contribution in [0.15, 0.2) is 6.20 Å². The third-order valence-electron chi connectivity index (χ3n) is 3.85. The lowest BCUT2D eigenvalue weighted by Gasteiger charge is -2.04. The summed E-state index contributed by atoms with van der Waals surface area (Å²) in [4.78, 5) is 18.6. The minimum atomic E-state index is -0.816. The Kier molecular flexibility index (Phi) is 2.61. The van der Waals surface area contributed by atoms with Crippen LogP contribution in [0.2, 0.25) is 0 Å². The fourth-order valence-electron chi connectivity index (χ4n) is 2.91. The number of aliphatic carboxylic acids is 1. The maximum atomic E-state index is 10.9. The lowest BCUT2D eigenvalue weighted by atomic mass is 10.1. The molecule has 0 radical (unpaired) electrons. The minimum absolute atomic E-state index is 0.0228. The number of nitrogens with one attached hydrogen (secondary N) is 1. The Morgan fingerprint density at radius 3 is 2.94 bits per heavy atom. The van der Waals surface area contributed by atoms with E-state index in [0.29, 0.717) is 5.92 Å². The Hall–Kier alpha value is -1.78. The van der Waals surface area contributed by atoms with Gasteiger partial charge in [-0.05, 0) is 19.8 Å². The van der Waals surface area contributed by atoms with Crippen LogP contribution in [0.25, 0.3) is 5.78 Å². The van der Waals surface area contributed by atoms with Gasteiger partial charge in [0, 0.05) is 17.8 Å². The van der Waals surface area contributed by atoms with E-state index in [1.807, 2.05) is 17.5 Å². The molecule has 18 heavy (non-hydrogen) atoms. The normalized spacial score (nSPS) is 16.7. The van der Waals surface area contributed by atoms with Gasteiger partial charge in [0.25, 0.3) is 0 Å². The van der Waals surface area contributed by atoms with Crippen LogP contribution in [0.1, 0.15) is 48.7 Å². The van der Waals surface area contributed by atoms with Crippen molar-refractivity contribution in [3.63, 3.8) is 0 Å². The highest BCUT2D eigenvalue weighted by Crippen LogP contribution is 2.33. The van der Waals surface area contributed by atoms with Crippen LogP contribution >= 0.6 is 0 Å². The number of rotatable bonds is 3. The van der Waals surface area contributed by atoms with E-state index in [1.165, 1.54) is 31.4 Å². The molecule has 2 heterocycles. The number of hydrogen-bond acceptors (Lipinski definition) is 2. The molecule has 5 nitrogen and oxygen atoms in total. The molecule has 0 saturated heterocycles. The monoisotopic (exact) mass is 247 g/mol. The molecule has 5 heteroatoms. The molecule has 0 aromatic carbocycles. The highest BCUT2D eigenvalue weighted by atomic mass is 16.4. The largest absolute Gasteiger partial charge is 0.481 e. The molecule has 1 fully saturated rings. The first-order chi connectivity index (χ1) is 8.65. The van der Waals surface area contributed by atoms with Gasteiger partial charge >= 0.3 is 5.97 Å². The van der Waals surface area contributed by atoms with Crippen molar-refractivity contribution in [3.05, 3.63) is 23.3 Å². The van der Waals surface area contributed by atoms with Gasteiger partial charge in [-0.3, -0.25) is 9.20 Å². The quantitative estimate of drug-likeness (QED) is 0.874. The van der Waals surface area contributed by atoms with Crippen LogP contribution in [0, 0.1) is 6.92 Å².